The number of carbonyl (C=O) groups is 2. The number of ether oxygens (including phenoxy) is 1. The van der Waals surface area contributed by atoms with Gasteiger partial charge in [0.15, 0.2) is 0 Å². The zero-order valence-electron chi connectivity index (χ0n) is 24.9. The predicted octanol–water partition coefficient (Wildman–Crippen LogP) is 7.13. The first-order valence-corrected chi connectivity index (χ1v) is 17.4. The summed E-state index contributed by atoms with van der Waals surface area (Å²) < 4.78 is 35.0. The number of sulfonamides is 1. The van der Waals surface area contributed by atoms with Crippen molar-refractivity contribution in [3.05, 3.63) is 86.3 Å². The van der Waals surface area contributed by atoms with E-state index in [0.29, 0.717) is 31.5 Å². The van der Waals surface area contributed by atoms with E-state index in [0.717, 1.165) is 42.0 Å². The fourth-order valence-electron chi connectivity index (χ4n) is 5.18. The minimum Gasteiger partial charge on any atom is -0.496 e. The summed E-state index contributed by atoms with van der Waals surface area (Å²) in [6.45, 7) is 2.85. The van der Waals surface area contributed by atoms with E-state index in [4.69, 9.17) is 27.9 Å². The second kappa shape index (κ2) is 15.0. The van der Waals surface area contributed by atoms with Gasteiger partial charge in [-0.2, -0.15) is 0 Å². The van der Waals surface area contributed by atoms with Gasteiger partial charge in [0.05, 0.1) is 22.2 Å². The molecule has 44 heavy (non-hydrogen) atoms. The summed E-state index contributed by atoms with van der Waals surface area (Å²) in [4.78, 5) is 29.0. The number of methoxy groups -OCH3 is 1. The first kappa shape index (κ1) is 34.1. The number of anilines is 1. The molecule has 0 bridgehead atoms. The predicted molar refractivity (Wildman–Crippen MR) is 178 cm³/mol. The van der Waals surface area contributed by atoms with Crippen molar-refractivity contribution < 1.29 is 22.7 Å². The van der Waals surface area contributed by atoms with E-state index >= 15 is 0 Å². The van der Waals surface area contributed by atoms with Crippen molar-refractivity contribution in [3.63, 3.8) is 0 Å². The minimum absolute atomic E-state index is 0.0255. The third-order valence-corrected chi connectivity index (χ3v) is 10.9. The Morgan fingerprint density at radius 1 is 1.02 bits per heavy atom. The van der Waals surface area contributed by atoms with Gasteiger partial charge in [-0.05, 0) is 85.1 Å². The smallest absolute Gasteiger partial charge is 0.264 e. The van der Waals surface area contributed by atoms with E-state index in [9.17, 15) is 18.0 Å². The molecule has 236 valence electrons. The first-order valence-electron chi connectivity index (χ1n) is 14.4. The zero-order valence-corrected chi connectivity index (χ0v) is 28.8. The molecule has 1 saturated carbocycles. The number of amides is 2. The lowest BCUT2D eigenvalue weighted by molar-refractivity contribution is -0.139. The maximum absolute atomic E-state index is 14.2. The topological polar surface area (TPSA) is 96.0 Å². The van der Waals surface area contributed by atoms with Crippen LogP contribution in [0.4, 0.5) is 5.69 Å². The van der Waals surface area contributed by atoms with E-state index < -0.39 is 28.5 Å². The Balaban J connectivity index is 1.72. The van der Waals surface area contributed by atoms with Crippen LogP contribution in [0.3, 0.4) is 0 Å². The number of benzene rings is 3. The molecule has 8 nitrogen and oxygen atoms in total. The van der Waals surface area contributed by atoms with E-state index in [2.05, 4.69) is 21.2 Å². The van der Waals surface area contributed by atoms with Gasteiger partial charge in [0.25, 0.3) is 10.0 Å². The maximum Gasteiger partial charge on any atom is 0.264 e. The standard InChI is InChI=1S/C32H36BrCl2N3O5S/c1-21-12-14-24(15-13-21)38(44(41,42)25-16-17-30(43-3)27(33)18-25)20-31(39)37(19-26-28(34)10-7-11-29(26)35)22(2)32(40)36-23-8-5-4-6-9-23/h7,10-18,22-23H,4-6,8-9,19-20H2,1-3H3,(H,36,40)/t22-/m0/s1. The summed E-state index contributed by atoms with van der Waals surface area (Å²) >= 11 is 16.3. The summed E-state index contributed by atoms with van der Waals surface area (Å²) in [5.74, 6) is -0.455. The molecular weight excluding hydrogens is 689 g/mol. The summed E-state index contributed by atoms with van der Waals surface area (Å²) in [7, 11) is -2.77. The highest BCUT2D eigenvalue weighted by atomic mass is 79.9. The van der Waals surface area contributed by atoms with Gasteiger partial charge in [0, 0.05) is 28.2 Å². The summed E-state index contributed by atoms with van der Waals surface area (Å²) in [5.41, 5.74) is 1.68. The van der Waals surface area contributed by atoms with Crippen LogP contribution in [0.5, 0.6) is 5.75 Å². The van der Waals surface area contributed by atoms with Crippen LogP contribution >= 0.6 is 39.1 Å². The van der Waals surface area contributed by atoms with Gasteiger partial charge in [0.2, 0.25) is 11.8 Å². The molecule has 1 atom stereocenters. The molecule has 1 aliphatic carbocycles. The molecule has 0 heterocycles. The Morgan fingerprint density at radius 3 is 2.25 bits per heavy atom. The van der Waals surface area contributed by atoms with Crippen LogP contribution in [0.1, 0.15) is 50.2 Å². The number of hydrogen-bond donors (Lipinski definition) is 1. The Kier molecular flexibility index (Phi) is 11.6. The van der Waals surface area contributed by atoms with Gasteiger partial charge >= 0.3 is 0 Å². The van der Waals surface area contributed by atoms with Crippen molar-refractivity contribution in [1.29, 1.82) is 0 Å². The molecule has 3 aromatic carbocycles. The quantitative estimate of drug-likeness (QED) is 0.227. The summed E-state index contributed by atoms with van der Waals surface area (Å²) in [6, 6.07) is 15.3. The average Bonchev–Trinajstić information content (AvgIpc) is 3.00. The van der Waals surface area contributed by atoms with Crippen LogP contribution in [-0.2, 0) is 26.2 Å². The molecule has 0 aromatic heterocycles. The fourth-order valence-corrected chi connectivity index (χ4v) is 7.83. The first-order chi connectivity index (χ1) is 20.9. The largest absolute Gasteiger partial charge is 0.496 e. The molecule has 0 unspecified atom stereocenters. The summed E-state index contributed by atoms with van der Waals surface area (Å²) in [6.07, 6.45) is 4.94. The molecule has 12 heteroatoms. The van der Waals surface area contributed by atoms with Gasteiger partial charge in [0.1, 0.15) is 18.3 Å². The SMILES string of the molecule is COc1ccc(S(=O)(=O)N(CC(=O)N(Cc2c(Cl)cccc2Cl)[C@@H](C)C(=O)NC2CCCCC2)c2ccc(C)cc2)cc1Br. The van der Waals surface area contributed by atoms with Crippen LogP contribution in [0.25, 0.3) is 0 Å². The highest BCUT2D eigenvalue weighted by Crippen LogP contribution is 2.32. The molecule has 1 N–H and O–H groups in total. The van der Waals surface area contributed by atoms with Crippen LogP contribution in [0, 0.1) is 6.92 Å². The zero-order chi connectivity index (χ0) is 32.0. The van der Waals surface area contributed by atoms with E-state index in [-0.39, 0.29) is 23.4 Å². The van der Waals surface area contributed by atoms with E-state index in [1.54, 1.807) is 49.4 Å². The number of rotatable bonds is 11. The van der Waals surface area contributed by atoms with Crippen LogP contribution < -0.4 is 14.4 Å². The molecular formula is C32H36BrCl2N3O5S. The van der Waals surface area contributed by atoms with Crippen molar-refractivity contribution >= 4 is 66.7 Å². The van der Waals surface area contributed by atoms with Crippen molar-refractivity contribution in [1.82, 2.24) is 10.2 Å². The molecule has 3 aromatic rings. The number of nitrogens with one attached hydrogen (secondary N) is 1. The number of aryl methyl sites for hydroxylation is 1. The maximum atomic E-state index is 14.2. The van der Waals surface area contributed by atoms with Crippen molar-refractivity contribution in [2.75, 3.05) is 18.0 Å². The lowest BCUT2D eigenvalue weighted by atomic mass is 9.95. The molecule has 2 amide bonds. The third kappa shape index (κ3) is 8.07. The van der Waals surface area contributed by atoms with Gasteiger partial charge in [-0.25, -0.2) is 8.42 Å². The highest BCUT2D eigenvalue weighted by Gasteiger charge is 2.34. The molecule has 0 aliphatic heterocycles. The lowest BCUT2D eigenvalue weighted by Gasteiger charge is -2.33. The second-order valence-electron chi connectivity index (χ2n) is 10.9. The highest BCUT2D eigenvalue weighted by molar-refractivity contribution is 9.10. The van der Waals surface area contributed by atoms with Crippen LogP contribution in [-0.4, -0.2) is 50.9 Å². The van der Waals surface area contributed by atoms with E-state index in [1.807, 2.05) is 6.92 Å². The Labute approximate surface area is 277 Å². The van der Waals surface area contributed by atoms with Crippen molar-refractivity contribution in [2.45, 2.75) is 69.5 Å². The molecule has 0 radical (unpaired) electrons. The Morgan fingerprint density at radius 2 is 1.66 bits per heavy atom. The Bertz CT molecular complexity index is 1580. The van der Waals surface area contributed by atoms with Crippen LogP contribution in [0.15, 0.2) is 70.0 Å². The Hall–Kier alpha value is -2.79. The van der Waals surface area contributed by atoms with E-state index in [1.165, 1.54) is 30.2 Å². The number of nitrogens with zero attached hydrogens (tertiary/aromatic N) is 2. The fraction of sp³-hybridized carbons (Fsp3) is 0.375. The van der Waals surface area contributed by atoms with Gasteiger partial charge in [-0.15, -0.1) is 0 Å². The molecule has 0 spiro atoms. The normalized spacial score (nSPS) is 14.5. The third-order valence-electron chi connectivity index (χ3n) is 7.82. The van der Waals surface area contributed by atoms with Gasteiger partial charge in [-0.1, -0.05) is 66.2 Å². The van der Waals surface area contributed by atoms with Crippen molar-refractivity contribution in [2.24, 2.45) is 0 Å². The van der Waals surface area contributed by atoms with Gasteiger partial charge in [-0.3, -0.25) is 13.9 Å². The number of halogens is 3. The average molecular weight is 726 g/mol. The lowest BCUT2D eigenvalue weighted by Crippen LogP contribution is -2.53. The molecule has 1 aliphatic rings. The minimum atomic E-state index is -4.25. The summed E-state index contributed by atoms with van der Waals surface area (Å²) in [5, 5.41) is 3.75. The van der Waals surface area contributed by atoms with Gasteiger partial charge < -0.3 is 15.0 Å². The molecule has 0 saturated heterocycles. The number of carbonyl (C=O) groups excluding carboxylic acids is 2. The monoisotopic (exact) mass is 723 g/mol. The molecule has 4 rings (SSSR count). The van der Waals surface area contributed by atoms with Crippen LogP contribution in [0.2, 0.25) is 10.0 Å². The molecule has 1 fully saturated rings. The second-order valence-corrected chi connectivity index (χ2v) is 14.4. The number of hydrogen-bond acceptors (Lipinski definition) is 5. The van der Waals surface area contributed by atoms with Crippen molar-refractivity contribution in [3.8, 4) is 5.75 Å².